The van der Waals surface area contributed by atoms with Gasteiger partial charge in [-0.2, -0.15) is 0 Å². The van der Waals surface area contributed by atoms with Crippen molar-refractivity contribution in [2.45, 2.75) is 45.3 Å². The summed E-state index contributed by atoms with van der Waals surface area (Å²) < 4.78 is 33.8. The van der Waals surface area contributed by atoms with E-state index in [4.69, 9.17) is 18.9 Å². The lowest BCUT2D eigenvalue weighted by Crippen LogP contribution is -2.55. The van der Waals surface area contributed by atoms with Gasteiger partial charge in [0.1, 0.15) is 12.7 Å². The van der Waals surface area contributed by atoms with Gasteiger partial charge in [0.15, 0.2) is 18.4 Å². The summed E-state index contributed by atoms with van der Waals surface area (Å²) in [6.45, 7) is 2.99. The maximum atomic E-state index is 14.2. The highest BCUT2D eigenvalue weighted by molar-refractivity contribution is 5.67. The summed E-state index contributed by atoms with van der Waals surface area (Å²) in [6.07, 6.45) is -5.16. The number of carbonyl (C=O) groups excluding carboxylic acids is 3. The highest BCUT2D eigenvalue weighted by Gasteiger charge is 2.45. The molecule has 1 rings (SSSR count). The van der Waals surface area contributed by atoms with E-state index in [-0.39, 0.29) is 13.2 Å². The van der Waals surface area contributed by atoms with E-state index >= 15 is 0 Å². The zero-order chi connectivity index (χ0) is 15.3. The minimum absolute atomic E-state index is 0.204. The van der Waals surface area contributed by atoms with Crippen molar-refractivity contribution in [2.24, 2.45) is 0 Å². The van der Waals surface area contributed by atoms with Gasteiger partial charge in [0.25, 0.3) is 0 Å². The molecule has 7 nitrogen and oxygen atoms in total. The fourth-order valence-electron chi connectivity index (χ4n) is 1.81. The molecular weight excluding hydrogens is 275 g/mol. The molecule has 0 radical (unpaired) electrons. The van der Waals surface area contributed by atoms with Gasteiger partial charge >= 0.3 is 17.9 Å². The van der Waals surface area contributed by atoms with Gasteiger partial charge < -0.3 is 18.9 Å². The molecule has 0 aromatic heterocycles. The quantitative estimate of drug-likeness (QED) is 0.538. The van der Waals surface area contributed by atoms with Crippen LogP contribution in [-0.2, 0) is 33.3 Å². The minimum Gasteiger partial charge on any atom is -0.463 e. The molecule has 1 aliphatic heterocycles. The maximum absolute atomic E-state index is 14.2. The Kier molecular flexibility index (Phi) is 5.87. The Bertz CT molecular complexity index is 382. The van der Waals surface area contributed by atoms with E-state index in [0.29, 0.717) is 0 Å². The Hall–Kier alpha value is -1.70. The van der Waals surface area contributed by atoms with Gasteiger partial charge in [-0.25, -0.2) is 4.39 Å². The second-order valence-electron chi connectivity index (χ2n) is 4.34. The van der Waals surface area contributed by atoms with Crippen molar-refractivity contribution in [2.75, 3.05) is 13.2 Å². The number of hydrogen-bond acceptors (Lipinski definition) is 7. The van der Waals surface area contributed by atoms with Crippen molar-refractivity contribution in [3.63, 3.8) is 0 Å². The minimum atomic E-state index is -1.75. The lowest BCUT2D eigenvalue weighted by atomic mass is 10.0. The van der Waals surface area contributed by atoms with Gasteiger partial charge in [-0.15, -0.1) is 0 Å². The third-order valence-corrected chi connectivity index (χ3v) is 2.58. The average molecular weight is 292 g/mol. The summed E-state index contributed by atoms with van der Waals surface area (Å²) in [5, 5.41) is 0. The summed E-state index contributed by atoms with van der Waals surface area (Å²) in [5.41, 5.74) is 0. The molecule has 1 fully saturated rings. The van der Waals surface area contributed by atoms with E-state index in [1.807, 2.05) is 0 Å². The van der Waals surface area contributed by atoms with Crippen molar-refractivity contribution in [3.05, 3.63) is 0 Å². The van der Waals surface area contributed by atoms with E-state index in [2.05, 4.69) is 0 Å². The number of halogens is 1. The number of carbonyl (C=O) groups is 3. The predicted octanol–water partition coefficient (Wildman–Crippen LogP) is 0.150. The number of hydrogen-bond donors (Lipinski definition) is 0. The smallest absolute Gasteiger partial charge is 0.303 e. The van der Waals surface area contributed by atoms with Crippen LogP contribution in [0.15, 0.2) is 0 Å². The van der Waals surface area contributed by atoms with Crippen molar-refractivity contribution in [3.8, 4) is 0 Å². The highest BCUT2D eigenvalue weighted by atomic mass is 19.1. The molecule has 4 atom stereocenters. The van der Waals surface area contributed by atoms with Gasteiger partial charge in [0.05, 0.1) is 6.61 Å². The van der Waals surface area contributed by atoms with Crippen LogP contribution >= 0.6 is 0 Å². The summed E-state index contributed by atoms with van der Waals surface area (Å²) in [5.74, 6) is -1.94. The van der Waals surface area contributed by atoms with Gasteiger partial charge in [-0.05, 0) is 0 Å². The molecule has 0 aromatic rings. The normalized spacial score (nSPS) is 29.4. The molecule has 0 amide bonds. The van der Waals surface area contributed by atoms with Crippen LogP contribution in [0, 0.1) is 0 Å². The van der Waals surface area contributed by atoms with Crippen LogP contribution in [0.3, 0.4) is 0 Å². The monoisotopic (exact) mass is 292 g/mol. The first-order valence-electron chi connectivity index (χ1n) is 6.04. The molecule has 1 aliphatic rings. The van der Waals surface area contributed by atoms with Crippen LogP contribution in [-0.4, -0.2) is 55.6 Å². The van der Waals surface area contributed by atoms with Crippen LogP contribution in [0.4, 0.5) is 4.39 Å². The molecule has 0 N–H and O–H groups in total. The highest BCUT2D eigenvalue weighted by Crippen LogP contribution is 2.24. The molecule has 1 saturated heterocycles. The number of alkyl halides is 1. The maximum Gasteiger partial charge on any atom is 0.303 e. The van der Waals surface area contributed by atoms with Gasteiger partial charge in [0.2, 0.25) is 0 Å². The molecule has 4 unspecified atom stereocenters. The first-order valence-corrected chi connectivity index (χ1v) is 6.04. The Morgan fingerprint density at radius 1 is 1.10 bits per heavy atom. The Balaban J connectivity index is 2.74. The Morgan fingerprint density at radius 3 is 2.20 bits per heavy atom. The molecule has 0 bridgehead atoms. The fourth-order valence-corrected chi connectivity index (χ4v) is 1.81. The number of ether oxygens (including phenoxy) is 4. The SMILES string of the molecule is CC(=O)OCC1OCC(OC(C)=O)C(F)C1OC(C)=O. The standard InChI is InChI=1S/C12H17FO7/c1-6(14)17-5-10-12(20-8(3)16)11(13)9(4-18-10)19-7(2)15/h9-12H,4-5H2,1-3H3. The summed E-state index contributed by atoms with van der Waals surface area (Å²) in [4.78, 5) is 32.6. The molecule has 0 spiro atoms. The molecule has 1 heterocycles. The zero-order valence-electron chi connectivity index (χ0n) is 11.5. The first kappa shape index (κ1) is 16.4. The Morgan fingerprint density at radius 2 is 1.70 bits per heavy atom. The zero-order valence-corrected chi connectivity index (χ0v) is 11.5. The largest absolute Gasteiger partial charge is 0.463 e. The first-order chi connectivity index (χ1) is 9.31. The average Bonchev–Trinajstić information content (AvgIpc) is 2.32. The topological polar surface area (TPSA) is 88.1 Å². The van der Waals surface area contributed by atoms with Gasteiger partial charge in [-0.3, -0.25) is 14.4 Å². The summed E-state index contributed by atoms with van der Waals surface area (Å²) in [6, 6.07) is 0. The van der Waals surface area contributed by atoms with Crippen LogP contribution in [0.5, 0.6) is 0 Å². The molecular formula is C12H17FO7. The fraction of sp³-hybridized carbons (Fsp3) is 0.750. The third kappa shape index (κ3) is 4.76. The molecule has 8 heteroatoms. The molecule has 114 valence electrons. The van der Waals surface area contributed by atoms with Crippen LogP contribution < -0.4 is 0 Å². The van der Waals surface area contributed by atoms with Gasteiger partial charge in [-0.1, -0.05) is 0 Å². The molecule has 0 aromatic carbocycles. The van der Waals surface area contributed by atoms with Crippen molar-refractivity contribution < 1.29 is 37.7 Å². The van der Waals surface area contributed by atoms with E-state index in [9.17, 15) is 18.8 Å². The molecule has 0 saturated carbocycles. The predicted molar refractivity (Wildman–Crippen MR) is 62.4 cm³/mol. The lowest BCUT2D eigenvalue weighted by Gasteiger charge is -2.37. The second kappa shape index (κ2) is 7.18. The van der Waals surface area contributed by atoms with Crippen LogP contribution in [0.2, 0.25) is 0 Å². The van der Waals surface area contributed by atoms with Crippen molar-refractivity contribution in [1.82, 2.24) is 0 Å². The number of rotatable bonds is 4. The van der Waals surface area contributed by atoms with E-state index in [0.717, 1.165) is 13.8 Å². The van der Waals surface area contributed by atoms with Crippen molar-refractivity contribution in [1.29, 1.82) is 0 Å². The number of esters is 3. The summed E-state index contributed by atoms with van der Waals surface area (Å²) in [7, 11) is 0. The molecule has 20 heavy (non-hydrogen) atoms. The van der Waals surface area contributed by atoms with E-state index in [1.54, 1.807) is 0 Å². The summed E-state index contributed by atoms with van der Waals surface area (Å²) >= 11 is 0. The van der Waals surface area contributed by atoms with Gasteiger partial charge in [0, 0.05) is 20.8 Å². The second-order valence-corrected chi connectivity index (χ2v) is 4.34. The van der Waals surface area contributed by atoms with E-state index in [1.165, 1.54) is 6.92 Å². The molecule has 0 aliphatic carbocycles. The third-order valence-electron chi connectivity index (χ3n) is 2.58. The lowest BCUT2D eigenvalue weighted by molar-refractivity contribution is -0.210. The van der Waals surface area contributed by atoms with Crippen LogP contribution in [0.25, 0.3) is 0 Å². The van der Waals surface area contributed by atoms with E-state index < -0.39 is 42.4 Å². The van der Waals surface area contributed by atoms with Crippen LogP contribution in [0.1, 0.15) is 20.8 Å². The Labute approximate surface area is 115 Å². The van der Waals surface area contributed by atoms with Crippen molar-refractivity contribution >= 4 is 17.9 Å².